The van der Waals surface area contributed by atoms with Crippen LogP contribution in [0.15, 0.2) is 71.8 Å². The lowest BCUT2D eigenvalue weighted by Gasteiger charge is -2.22. The number of benzene rings is 2. The maximum Gasteiger partial charge on any atom is 0.416 e. The quantitative estimate of drug-likeness (QED) is 0.323. The Labute approximate surface area is 201 Å². The van der Waals surface area contributed by atoms with E-state index in [0.717, 1.165) is 23.8 Å². The van der Waals surface area contributed by atoms with Gasteiger partial charge in [-0.3, -0.25) is 4.40 Å². The summed E-state index contributed by atoms with van der Waals surface area (Å²) < 4.78 is 71.7. The molecule has 0 aliphatic heterocycles. The summed E-state index contributed by atoms with van der Waals surface area (Å²) in [4.78, 5) is 4.15. The van der Waals surface area contributed by atoms with Crippen molar-refractivity contribution in [2.45, 2.75) is 44.3 Å². The lowest BCUT2D eigenvalue weighted by Crippen LogP contribution is -2.27. The van der Waals surface area contributed by atoms with E-state index in [4.69, 9.17) is 9.17 Å². The maximum atomic E-state index is 13.0. The molecule has 0 atom stereocenters. The number of pyridine rings is 1. The summed E-state index contributed by atoms with van der Waals surface area (Å²) >= 11 is 0. The van der Waals surface area contributed by atoms with Gasteiger partial charge in [-0.15, -0.1) is 0 Å². The van der Waals surface area contributed by atoms with Crippen molar-refractivity contribution in [3.05, 3.63) is 78.0 Å². The normalized spacial score (nSPS) is 12.7. The summed E-state index contributed by atoms with van der Waals surface area (Å²) in [6.45, 7) is 7.97. The number of hydrogen-bond donors (Lipinski definition) is 1. The molecule has 0 bridgehead atoms. The smallest absolute Gasteiger partial charge is 0.379 e. The number of aromatic nitrogens is 2. The van der Waals surface area contributed by atoms with Crippen LogP contribution in [-0.2, 0) is 16.3 Å². The zero-order valence-electron chi connectivity index (χ0n) is 19.5. The Bertz CT molecular complexity index is 1500. The molecule has 0 spiro atoms. The molecule has 6 nitrogen and oxygen atoms in total. The standard InChI is InChI=1S/C25H24F3N3O3S/c1-16-11-12-31-21(13-16)29-22(23(31)30-24(2,3)4)17-7-5-9-19(14-17)34-35(32,33)20-10-6-8-18(15-20)25(26,27)28/h5-15,30H,1-4H3. The topological polar surface area (TPSA) is 72.7 Å². The number of nitrogens with zero attached hydrogens (tertiary/aromatic N) is 2. The van der Waals surface area contributed by atoms with Crippen molar-refractivity contribution in [3.63, 3.8) is 0 Å². The second-order valence-electron chi connectivity index (χ2n) is 9.21. The Morgan fingerprint density at radius 1 is 0.971 bits per heavy atom. The van der Waals surface area contributed by atoms with E-state index in [1.54, 1.807) is 12.1 Å². The number of aryl methyl sites for hydroxylation is 1. The maximum absolute atomic E-state index is 13.0. The molecule has 2 aromatic carbocycles. The van der Waals surface area contributed by atoms with Gasteiger partial charge in [0, 0.05) is 17.3 Å². The highest BCUT2D eigenvalue weighted by molar-refractivity contribution is 7.87. The molecule has 0 radical (unpaired) electrons. The molecule has 0 unspecified atom stereocenters. The SMILES string of the molecule is Cc1ccn2c(NC(C)(C)C)c(-c3cccc(OS(=O)(=O)c4cccc(C(F)(F)F)c4)c3)nc2c1. The first-order chi connectivity index (χ1) is 16.2. The van der Waals surface area contributed by atoms with Crippen molar-refractivity contribution in [2.75, 3.05) is 5.32 Å². The van der Waals surface area contributed by atoms with Crippen LogP contribution in [0.3, 0.4) is 0 Å². The van der Waals surface area contributed by atoms with Crippen LogP contribution in [0.2, 0.25) is 0 Å². The molecule has 0 saturated carbocycles. The average molecular weight is 504 g/mol. The number of nitrogens with one attached hydrogen (secondary N) is 1. The Morgan fingerprint density at radius 2 is 1.69 bits per heavy atom. The van der Waals surface area contributed by atoms with Crippen molar-refractivity contribution >= 4 is 21.6 Å². The van der Waals surface area contributed by atoms with Crippen LogP contribution in [0.1, 0.15) is 31.9 Å². The van der Waals surface area contributed by atoms with E-state index in [-0.39, 0.29) is 11.3 Å². The number of alkyl halides is 3. The van der Waals surface area contributed by atoms with E-state index >= 15 is 0 Å². The van der Waals surface area contributed by atoms with E-state index in [0.29, 0.717) is 28.8 Å². The molecule has 2 heterocycles. The van der Waals surface area contributed by atoms with Crippen molar-refractivity contribution in [3.8, 4) is 17.0 Å². The first-order valence-electron chi connectivity index (χ1n) is 10.7. The van der Waals surface area contributed by atoms with Crippen LogP contribution in [0.25, 0.3) is 16.9 Å². The minimum atomic E-state index is -4.68. The molecule has 0 aliphatic carbocycles. The minimum Gasteiger partial charge on any atom is -0.379 e. The number of halogens is 3. The van der Waals surface area contributed by atoms with Gasteiger partial charge in [-0.2, -0.15) is 21.6 Å². The lowest BCUT2D eigenvalue weighted by atomic mass is 10.1. The fourth-order valence-electron chi connectivity index (χ4n) is 3.52. The van der Waals surface area contributed by atoms with Crippen molar-refractivity contribution in [2.24, 2.45) is 0 Å². The van der Waals surface area contributed by atoms with Gasteiger partial charge in [-0.05, 0) is 75.7 Å². The van der Waals surface area contributed by atoms with Gasteiger partial charge >= 0.3 is 16.3 Å². The molecule has 2 aromatic heterocycles. The highest BCUT2D eigenvalue weighted by Crippen LogP contribution is 2.34. The highest BCUT2D eigenvalue weighted by Gasteiger charge is 2.32. The first-order valence-corrected chi connectivity index (χ1v) is 12.1. The summed E-state index contributed by atoms with van der Waals surface area (Å²) in [5, 5.41) is 3.44. The predicted molar refractivity (Wildman–Crippen MR) is 128 cm³/mol. The van der Waals surface area contributed by atoms with Crippen LogP contribution >= 0.6 is 0 Å². The van der Waals surface area contributed by atoms with Gasteiger partial charge in [0.1, 0.15) is 27.8 Å². The zero-order valence-corrected chi connectivity index (χ0v) is 20.3. The fraction of sp³-hybridized carbons (Fsp3) is 0.240. The Balaban J connectivity index is 1.74. The number of fused-ring (bicyclic) bond motifs is 1. The fourth-order valence-corrected chi connectivity index (χ4v) is 4.49. The third-order valence-corrected chi connectivity index (χ3v) is 6.28. The van der Waals surface area contributed by atoms with Crippen molar-refractivity contribution in [1.29, 1.82) is 0 Å². The number of hydrogen-bond acceptors (Lipinski definition) is 5. The van der Waals surface area contributed by atoms with Crippen LogP contribution in [0, 0.1) is 6.92 Å². The molecule has 4 aromatic rings. The predicted octanol–water partition coefficient (Wildman–Crippen LogP) is 6.31. The van der Waals surface area contributed by atoms with Crippen LogP contribution in [0.4, 0.5) is 19.0 Å². The Hall–Kier alpha value is -3.53. The second kappa shape index (κ2) is 8.60. The molecular formula is C25H24F3N3O3S. The van der Waals surface area contributed by atoms with E-state index < -0.39 is 26.8 Å². The number of anilines is 1. The average Bonchev–Trinajstić information content (AvgIpc) is 3.09. The van der Waals surface area contributed by atoms with Crippen molar-refractivity contribution in [1.82, 2.24) is 9.38 Å². The molecule has 0 aliphatic rings. The second-order valence-corrected chi connectivity index (χ2v) is 10.8. The monoisotopic (exact) mass is 503 g/mol. The van der Waals surface area contributed by atoms with Gasteiger partial charge < -0.3 is 9.50 Å². The molecular weight excluding hydrogens is 479 g/mol. The molecule has 0 saturated heterocycles. The van der Waals surface area contributed by atoms with E-state index in [1.165, 1.54) is 12.1 Å². The summed E-state index contributed by atoms with van der Waals surface area (Å²) in [5.74, 6) is 0.667. The van der Waals surface area contributed by atoms with Gasteiger partial charge in [0.15, 0.2) is 0 Å². The largest absolute Gasteiger partial charge is 0.416 e. The third-order valence-electron chi connectivity index (χ3n) is 5.04. The highest BCUT2D eigenvalue weighted by atomic mass is 32.2. The zero-order chi connectivity index (χ0) is 25.6. The van der Waals surface area contributed by atoms with Crippen molar-refractivity contribution < 1.29 is 25.8 Å². The van der Waals surface area contributed by atoms with Gasteiger partial charge in [0.05, 0.1) is 5.56 Å². The Morgan fingerprint density at radius 3 is 2.37 bits per heavy atom. The number of imidazole rings is 1. The van der Waals surface area contributed by atoms with Gasteiger partial charge in [0.2, 0.25) is 0 Å². The molecule has 4 rings (SSSR count). The van der Waals surface area contributed by atoms with E-state index in [2.05, 4.69) is 5.32 Å². The Kier molecular flexibility index (Phi) is 6.04. The number of rotatable bonds is 5. The molecule has 0 fully saturated rings. The summed E-state index contributed by atoms with van der Waals surface area (Å²) in [6, 6.07) is 13.6. The molecule has 0 amide bonds. The van der Waals surface area contributed by atoms with Gasteiger partial charge in [-0.25, -0.2) is 4.98 Å². The van der Waals surface area contributed by atoms with Gasteiger partial charge in [-0.1, -0.05) is 18.2 Å². The molecule has 1 N–H and O–H groups in total. The third kappa shape index (κ3) is 5.43. The van der Waals surface area contributed by atoms with Crippen LogP contribution < -0.4 is 9.50 Å². The van der Waals surface area contributed by atoms with E-state index in [9.17, 15) is 21.6 Å². The van der Waals surface area contributed by atoms with E-state index in [1.807, 2.05) is 50.4 Å². The van der Waals surface area contributed by atoms with Crippen LogP contribution in [-0.4, -0.2) is 23.3 Å². The minimum absolute atomic E-state index is 0.0464. The summed E-state index contributed by atoms with van der Waals surface area (Å²) in [6.07, 6.45) is -2.78. The lowest BCUT2D eigenvalue weighted by molar-refractivity contribution is -0.137. The first kappa shape index (κ1) is 24.6. The summed E-state index contributed by atoms with van der Waals surface area (Å²) in [7, 11) is -4.51. The van der Waals surface area contributed by atoms with Crippen LogP contribution in [0.5, 0.6) is 5.75 Å². The molecule has 184 valence electrons. The molecule has 10 heteroatoms. The summed E-state index contributed by atoms with van der Waals surface area (Å²) in [5.41, 5.74) is 1.52. The molecule has 35 heavy (non-hydrogen) atoms. The van der Waals surface area contributed by atoms with Gasteiger partial charge in [0.25, 0.3) is 0 Å².